The number of fused-ring (bicyclic) bond motifs is 2. The van der Waals surface area contributed by atoms with E-state index < -0.39 is 11.5 Å². The van der Waals surface area contributed by atoms with Crippen molar-refractivity contribution in [3.63, 3.8) is 0 Å². The maximum atomic E-state index is 12.6. The van der Waals surface area contributed by atoms with Gasteiger partial charge in [-0.25, -0.2) is 4.52 Å². The highest BCUT2D eigenvalue weighted by molar-refractivity contribution is 6.14. The van der Waals surface area contributed by atoms with Gasteiger partial charge in [-0.15, -0.1) is 0 Å². The van der Waals surface area contributed by atoms with E-state index in [1.807, 2.05) is 6.07 Å². The molecule has 0 amide bonds. The van der Waals surface area contributed by atoms with E-state index >= 15 is 0 Å². The molecular formula is C22H27N5O6. The Kier molecular flexibility index (Phi) is 6.77. The molecule has 0 unspecified atom stereocenters. The topological polar surface area (TPSA) is 172 Å². The number of aliphatic hydroxyl groups excluding tert-OH is 3. The number of phenols is 1. The van der Waals surface area contributed by atoms with Crippen molar-refractivity contribution in [2.75, 3.05) is 44.8 Å². The van der Waals surface area contributed by atoms with Gasteiger partial charge in [-0.3, -0.25) is 4.79 Å². The van der Waals surface area contributed by atoms with Crippen molar-refractivity contribution in [1.82, 2.24) is 20.2 Å². The molecule has 11 nitrogen and oxygen atoms in total. The monoisotopic (exact) mass is 457 g/mol. The molecule has 0 atom stereocenters. The molecular weight excluding hydrogens is 430 g/mol. The molecule has 0 aliphatic heterocycles. The van der Waals surface area contributed by atoms with Crippen LogP contribution in [-0.4, -0.2) is 80.6 Å². The smallest absolute Gasteiger partial charge is 0.192 e. The summed E-state index contributed by atoms with van der Waals surface area (Å²) in [6.45, 7) is 1.26. The molecule has 176 valence electrons. The Morgan fingerprint density at radius 3 is 2.45 bits per heavy atom. The second-order valence-corrected chi connectivity index (χ2v) is 7.74. The first-order chi connectivity index (χ1) is 16.0. The Morgan fingerprint density at radius 1 is 0.939 bits per heavy atom. The zero-order chi connectivity index (χ0) is 23.5. The van der Waals surface area contributed by atoms with Crippen LogP contribution in [0.1, 0.15) is 5.69 Å². The molecule has 8 N–H and O–H groups in total. The Morgan fingerprint density at radius 2 is 1.73 bits per heavy atom. The zero-order valence-electron chi connectivity index (χ0n) is 17.9. The molecule has 0 radical (unpaired) electrons. The molecule has 0 aliphatic rings. The van der Waals surface area contributed by atoms with Crippen LogP contribution in [0.25, 0.3) is 27.2 Å². The standard InChI is InChI=1S/C22H27N5O6/c28-8-7-23-5-6-24-14-2-1-13-15(9-25-12(10-29)11-30)26-27-20(13)18(14)22(33)19-16(31)3-4-17(32)21(19)27/h1-4,12,23-25,28-30,32-33H,5-11H2. The van der Waals surface area contributed by atoms with E-state index in [2.05, 4.69) is 21.0 Å². The predicted octanol–water partition coefficient (Wildman–Crippen LogP) is -0.713. The van der Waals surface area contributed by atoms with Gasteiger partial charge in [0.05, 0.1) is 47.8 Å². The van der Waals surface area contributed by atoms with E-state index in [1.165, 1.54) is 16.6 Å². The van der Waals surface area contributed by atoms with Crippen LogP contribution in [0.2, 0.25) is 0 Å². The summed E-state index contributed by atoms with van der Waals surface area (Å²) < 4.78 is 1.45. The van der Waals surface area contributed by atoms with Crippen LogP contribution in [0.5, 0.6) is 11.5 Å². The molecule has 0 bridgehead atoms. The molecule has 11 heteroatoms. The second kappa shape index (κ2) is 9.73. The van der Waals surface area contributed by atoms with Crippen LogP contribution in [0.3, 0.4) is 0 Å². The molecule has 0 spiro atoms. The normalized spacial score (nSPS) is 12.0. The Bertz CT molecular complexity index is 1320. The van der Waals surface area contributed by atoms with E-state index in [1.54, 1.807) is 6.07 Å². The highest BCUT2D eigenvalue weighted by atomic mass is 16.3. The minimum Gasteiger partial charge on any atom is -0.506 e. The Balaban J connectivity index is 1.90. The van der Waals surface area contributed by atoms with Gasteiger partial charge >= 0.3 is 0 Å². The van der Waals surface area contributed by atoms with Crippen LogP contribution in [0.4, 0.5) is 5.69 Å². The third-order valence-electron chi connectivity index (χ3n) is 5.63. The van der Waals surface area contributed by atoms with E-state index in [0.717, 1.165) is 0 Å². The van der Waals surface area contributed by atoms with Crippen LogP contribution in [-0.2, 0) is 6.54 Å². The van der Waals surface area contributed by atoms with Gasteiger partial charge < -0.3 is 41.5 Å². The number of aromatic hydroxyl groups is 2. The number of pyridine rings is 1. The lowest BCUT2D eigenvalue weighted by Gasteiger charge is -2.14. The number of anilines is 1. The van der Waals surface area contributed by atoms with Gasteiger partial charge in [0, 0.05) is 37.3 Å². The fraction of sp³-hybridized carbons (Fsp3) is 0.364. The number of hydrogen-bond acceptors (Lipinski definition) is 10. The van der Waals surface area contributed by atoms with Gasteiger partial charge in [0.1, 0.15) is 17.0 Å². The van der Waals surface area contributed by atoms with Crippen molar-refractivity contribution in [2.45, 2.75) is 12.6 Å². The second-order valence-electron chi connectivity index (χ2n) is 7.74. The number of nitrogens with zero attached hydrogens (tertiary/aromatic N) is 2. The summed E-state index contributed by atoms with van der Waals surface area (Å²) in [5, 5.41) is 64.2. The highest BCUT2D eigenvalue weighted by Crippen LogP contribution is 2.42. The lowest BCUT2D eigenvalue weighted by Crippen LogP contribution is -2.35. The minimum absolute atomic E-state index is 0.0295. The summed E-state index contributed by atoms with van der Waals surface area (Å²) in [6.07, 6.45) is 0. The third kappa shape index (κ3) is 4.12. The summed E-state index contributed by atoms with van der Waals surface area (Å²) in [6, 6.07) is 5.54. The van der Waals surface area contributed by atoms with E-state index in [0.29, 0.717) is 47.3 Å². The predicted molar refractivity (Wildman–Crippen MR) is 124 cm³/mol. The quantitative estimate of drug-likeness (QED) is 0.106. The number of nitrogens with one attached hydrogen (secondary N) is 3. The molecule has 2 aromatic carbocycles. The number of hydrogen-bond donors (Lipinski definition) is 8. The maximum absolute atomic E-state index is 12.6. The van der Waals surface area contributed by atoms with Crippen LogP contribution < -0.4 is 21.4 Å². The van der Waals surface area contributed by atoms with Gasteiger partial charge in [-0.1, -0.05) is 0 Å². The average Bonchev–Trinajstić information content (AvgIpc) is 3.18. The first-order valence-electron chi connectivity index (χ1n) is 10.7. The highest BCUT2D eigenvalue weighted by Gasteiger charge is 2.23. The van der Waals surface area contributed by atoms with Crippen LogP contribution in [0.15, 0.2) is 29.1 Å². The number of rotatable bonds is 11. The number of phenolic OH excluding ortho intramolecular Hbond substituents is 1. The first kappa shape index (κ1) is 23.0. The number of benzene rings is 2. The van der Waals surface area contributed by atoms with Crippen LogP contribution >= 0.6 is 0 Å². The minimum atomic E-state index is -0.531. The number of aliphatic hydroxyl groups is 3. The molecule has 33 heavy (non-hydrogen) atoms. The molecule has 2 heterocycles. The fourth-order valence-electron chi connectivity index (χ4n) is 4.00. The van der Waals surface area contributed by atoms with E-state index in [9.17, 15) is 25.2 Å². The molecule has 0 fully saturated rings. The van der Waals surface area contributed by atoms with Gasteiger partial charge in [0.25, 0.3) is 0 Å². The largest absolute Gasteiger partial charge is 0.506 e. The summed E-state index contributed by atoms with van der Waals surface area (Å²) in [5.74, 6) is -0.446. The summed E-state index contributed by atoms with van der Waals surface area (Å²) >= 11 is 0. The zero-order valence-corrected chi connectivity index (χ0v) is 17.9. The lowest BCUT2D eigenvalue weighted by molar-refractivity contribution is 0.170. The molecule has 0 saturated heterocycles. The Labute approximate surface area is 188 Å². The SMILES string of the molecule is O=c1ccc(O)c2c1c(O)c1c(NCCNCCO)ccc3c(CNC(CO)CO)nn2c31. The average molecular weight is 457 g/mol. The van der Waals surface area contributed by atoms with Gasteiger partial charge in [-0.05, 0) is 24.3 Å². The van der Waals surface area contributed by atoms with Crippen molar-refractivity contribution in [2.24, 2.45) is 0 Å². The van der Waals surface area contributed by atoms with Crippen molar-refractivity contribution in [3.05, 3.63) is 40.2 Å². The third-order valence-corrected chi connectivity index (χ3v) is 5.63. The molecule has 2 aromatic heterocycles. The van der Waals surface area contributed by atoms with Gasteiger partial charge in [-0.2, -0.15) is 5.10 Å². The maximum Gasteiger partial charge on any atom is 0.192 e. The summed E-state index contributed by atoms with van der Waals surface area (Å²) in [4.78, 5) is 12.6. The van der Waals surface area contributed by atoms with Crippen molar-refractivity contribution in [1.29, 1.82) is 0 Å². The van der Waals surface area contributed by atoms with Crippen molar-refractivity contribution in [3.8, 4) is 11.5 Å². The van der Waals surface area contributed by atoms with Crippen molar-refractivity contribution < 1.29 is 25.5 Å². The first-order valence-corrected chi connectivity index (χ1v) is 10.7. The summed E-state index contributed by atoms with van der Waals surface area (Å²) in [5.41, 5.74) is 1.32. The van der Waals surface area contributed by atoms with Crippen LogP contribution in [0, 0.1) is 0 Å². The van der Waals surface area contributed by atoms with E-state index in [4.69, 9.17) is 5.11 Å². The van der Waals surface area contributed by atoms with Crippen molar-refractivity contribution >= 4 is 32.9 Å². The lowest BCUT2D eigenvalue weighted by atomic mass is 10.0. The van der Waals surface area contributed by atoms with E-state index in [-0.39, 0.29) is 48.8 Å². The van der Waals surface area contributed by atoms with Gasteiger partial charge in [0.2, 0.25) is 0 Å². The molecule has 4 rings (SSSR count). The Hall–Kier alpha value is -3.22. The molecule has 4 aromatic rings. The fourth-order valence-corrected chi connectivity index (χ4v) is 4.00. The van der Waals surface area contributed by atoms with Gasteiger partial charge in [0.15, 0.2) is 5.43 Å². The molecule has 0 aliphatic carbocycles. The number of aromatic nitrogens is 2. The molecule has 0 saturated carbocycles. The summed E-state index contributed by atoms with van der Waals surface area (Å²) in [7, 11) is 0.